The van der Waals surface area contributed by atoms with E-state index in [1.807, 2.05) is 0 Å². The molecule has 1 atom stereocenters. The van der Waals surface area contributed by atoms with E-state index in [0.29, 0.717) is 6.10 Å². The van der Waals surface area contributed by atoms with Crippen molar-refractivity contribution in [3.63, 3.8) is 0 Å². The van der Waals surface area contributed by atoms with Gasteiger partial charge in [0.15, 0.2) is 0 Å². The summed E-state index contributed by atoms with van der Waals surface area (Å²) in [6.45, 7) is 2.08. The minimum atomic E-state index is 0.208. The first-order chi connectivity index (χ1) is 2.63. The second-order valence-corrected chi connectivity index (χ2v) is 2.36. The van der Waals surface area contributed by atoms with Gasteiger partial charge in [-0.05, 0) is 6.92 Å². The maximum Gasteiger partial charge on any atom is 0.135 e. The zero-order chi connectivity index (χ0) is 4.78. The first kappa shape index (κ1) is 4.25. The molecular formula is C3H8B2O. The van der Waals surface area contributed by atoms with Crippen molar-refractivity contribution in [2.75, 3.05) is 0 Å². The van der Waals surface area contributed by atoms with Gasteiger partial charge < -0.3 is 4.74 Å². The highest BCUT2D eigenvalue weighted by Gasteiger charge is 2.42. The maximum atomic E-state index is 5.10. The molecule has 0 bridgehead atoms. The van der Waals surface area contributed by atoms with E-state index in [4.69, 9.17) is 4.74 Å². The van der Waals surface area contributed by atoms with Gasteiger partial charge in [0.25, 0.3) is 0 Å². The molecule has 1 unspecified atom stereocenters. The quantitative estimate of drug-likeness (QED) is 0.251. The Morgan fingerprint density at radius 1 is 1.67 bits per heavy atom. The third-order valence-electron chi connectivity index (χ3n) is 1.40. The third kappa shape index (κ3) is 0.473. The first-order valence-electron chi connectivity index (χ1n) is 2.31. The van der Waals surface area contributed by atoms with Crippen molar-refractivity contribution in [3.8, 4) is 0 Å². The lowest BCUT2D eigenvalue weighted by atomic mass is 9.68. The molecule has 1 saturated heterocycles. The number of ether oxygens (including phenoxy) is 1. The highest BCUT2D eigenvalue weighted by Crippen LogP contribution is 2.27. The molecule has 0 aromatic heterocycles. The zero-order valence-electron chi connectivity index (χ0n) is 4.49. The van der Waals surface area contributed by atoms with E-state index in [-0.39, 0.29) is 5.40 Å². The van der Waals surface area contributed by atoms with E-state index in [1.54, 1.807) is 0 Å². The van der Waals surface area contributed by atoms with Crippen molar-refractivity contribution in [3.05, 3.63) is 0 Å². The molecule has 0 spiro atoms. The molecule has 0 saturated carbocycles. The second-order valence-electron chi connectivity index (χ2n) is 2.36. The average Bonchev–Trinajstić information content (AvgIpc) is 1.73. The van der Waals surface area contributed by atoms with Crippen molar-refractivity contribution in [1.29, 1.82) is 0 Å². The lowest BCUT2D eigenvalue weighted by Gasteiger charge is -1.83. The summed E-state index contributed by atoms with van der Waals surface area (Å²) >= 11 is 0. The fourth-order valence-corrected chi connectivity index (χ4v) is 0.422. The first-order valence-corrected chi connectivity index (χ1v) is 2.31. The number of hydrogen-bond donors (Lipinski definition) is 0. The van der Waals surface area contributed by atoms with Gasteiger partial charge in [-0.1, -0.05) is 0 Å². The van der Waals surface area contributed by atoms with Crippen LogP contribution in [0.3, 0.4) is 0 Å². The Hall–Kier alpha value is 0.0899. The van der Waals surface area contributed by atoms with Crippen molar-refractivity contribution >= 4 is 15.7 Å². The van der Waals surface area contributed by atoms with Gasteiger partial charge in [-0.3, -0.25) is 0 Å². The molecule has 0 aromatic rings. The van der Waals surface area contributed by atoms with Gasteiger partial charge in [0.2, 0.25) is 0 Å². The summed E-state index contributed by atoms with van der Waals surface area (Å²) in [5.41, 5.74) is 0. The lowest BCUT2D eigenvalue weighted by Crippen LogP contribution is -2.11. The van der Waals surface area contributed by atoms with Crippen LogP contribution >= 0.6 is 0 Å². The fraction of sp³-hybridized carbons (Fsp3) is 1.00. The van der Waals surface area contributed by atoms with Gasteiger partial charge in [-0.15, -0.1) is 0 Å². The molecule has 0 radical (unpaired) electrons. The normalized spacial score (nSPS) is 39.2. The van der Waals surface area contributed by atoms with Crippen LogP contribution in [0.4, 0.5) is 0 Å². The van der Waals surface area contributed by atoms with Crippen LogP contribution < -0.4 is 0 Å². The summed E-state index contributed by atoms with van der Waals surface area (Å²) in [4.78, 5) is 0. The highest BCUT2D eigenvalue weighted by atomic mass is 16.6. The van der Waals surface area contributed by atoms with Gasteiger partial charge in [0, 0.05) is 5.40 Å². The molecule has 1 nitrogen and oxygen atoms in total. The molecule has 0 N–H and O–H groups in total. The van der Waals surface area contributed by atoms with Crippen molar-refractivity contribution < 1.29 is 4.74 Å². The third-order valence-corrected chi connectivity index (χ3v) is 1.40. The fourth-order valence-electron chi connectivity index (χ4n) is 0.422. The van der Waals surface area contributed by atoms with E-state index in [1.165, 1.54) is 0 Å². The predicted molar refractivity (Wildman–Crippen MR) is 30.4 cm³/mol. The van der Waals surface area contributed by atoms with Crippen LogP contribution in [0.2, 0.25) is 0 Å². The van der Waals surface area contributed by atoms with E-state index in [9.17, 15) is 0 Å². The van der Waals surface area contributed by atoms with E-state index < -0.39 is 0 Å². The molecule has 3 heteroatoms. The lowest BCUT2D eigenvalue weighted by molar-refractivity contribution is 0.397. The maximum absolute atomic E-state index is 5.10. The van der Waals surface area contributed by atoms with Crippen molar-refractivity contribution in [2.24, 2.45) is 0 Å². The molecule has 6 heavy (non-hydrogen) atoms. The van der Waals surface area contributed by atoms with E-state index >= 15 is 0 Å². The summed E-state index contributed by atoms with van der Waals surface area (Å²) in [5, 5.41) is 0.208. The van der Waals surface area contributed by atoms with Crippen LogP contribution in [0.25, 0.3) is 0 Å². The van der Waals surface area contributed by atoms with Crippen LogP contribution in [-0.4, -0.2) is 27.2 Å². The van der Waals surface area contributed by atoms with Crippen molar-refractivity contribution in [1.82, 2.24) is 0 Å². The molecule has 0 amide bonds. The molecule has 0 aromatic carbocycles. The predicted octanol–water partition coefficient (Wildman–Crippen LogP) is -1.67. The van der Waals surface area contributed by atoms with Gasteiger partial charge in [0.1, 0.15) is 15.7 Å². The highest BCUT2D eigenvalue weighted by molar-refractivity contribution is 6.41. The molecule has 1 rings (SSSR count). The second kappa shape index (κ2) is 0.836. The molecule has 32 valence electrons. The van der Waals surface area contributed by atoms with Gasteiger partial charge >= 0.3 is 0 Å². The average molecular weight is 81.7 g/mol. The SMILES string of the molecule is BC1(B)OC1C. The Kier molecular flexibility index (Phi) is 0.593. The molecule has 1 fully saturated rings. The van der Waals surface area contributed by atoms with Crippen LogP contribution in [0.1, 0.15) is 6.92 Å². The summed E-state index contributed by atoms with van der Waals surface area (Å²) in [6.07, 6.45) is 0.498. The van der Waals surface area contributed by atoms with Crippen LogP contribution in [-0.2, 0) is 4.74 Å². The molecular weight excluding hydrogens is 73.7 g/mol. The Balaban J connectivity index is 2.41. The molecule has 0 aliphatic carbocycles. The standard InChI is InChI=1S/C3H8B2O/c1-2-3(4,5)6-2/h2H,4-5H2,1H3. The summed E-state index contributed by atoms with van der Waals surface area (Å²) < 4.78 is 5.10. The Morgan fingerprint density at radius 3 is 1.83 bits per heavy atom. The number of rotatable bonds is 0. The Morgan fingerprint density at radius 2 is 1.83 bits per heavy atom. The monoisotopic (exact) mass is 82.1 g/mol. The summed E-state index contributed by atoms with van der Waals surface area (Å²) in [6, 6.07) is 0. The smallest absolute Gasteiger partial charge is 0.135 e. The van der Waals surface area contributed by atoms with E-state index in [0.717, 1.165) is 0 Å². The minimum absolute atomic E-state index is 0.208. The van der Waals surface area contributed by atoms with Crippen LogP contribution in [0.15, 0.2) is 0 Å². The molecule has 1 heterocycles. The van der Waals surface area contributed by atoms with Crippen molar-refractivity contribution in [2.45, 2.75) is 18.4 Å². The number of hydrogen-bond acceptors (Lipinski definition) is 1. The molecule has 1 aliphatic heterocycles. The van der Waals surface area contributed by atoms with Crippen LogP contribution in [0, 0.1) is 0 Å². The Bertz CT molecular complexity index is 71.2. The largest absolute Gasteiger partial charge is 0.386 e. The topological polar surface area (TPSA) is 12.5 Å². The zero-order valence-corrected chi connectivity index (χ0v) is 4.49. The van der Waals surface area contributed by atoms with Gasteiger partial charge in [-0.25, -0.2) is 0 Å². The molecule has 1 aliphatic rings. The Labute approximate surface area is 39.9 Å². The van der Waals surface area contributed by atoms with E-state index in [2.05, 4.69) is 22.6 Å². The van der Waals surface area contributed by atoms with Gasteiger partial charge in [0.05, 0.1) is 6.10 Å². The summed E-state index contributed by atoms with van der Waals surface area (Å²) in [5.74, 6) is 0. The van der Waals surface area contributed by atoms with Crippen LogP contribution in [0.5, 0.6) is 0 Å². The number of epoxide rings is 1. The van der Waals surface area contributed by atoms with Gasteiger partial charge in [-0.2, -0.15) is 0 Å². The summed E-state index contributed by atoms with van der Waals surface area (Å²) in [7, 11) is 4.19. The minimum Gasteiger partial charge on any atom is -0.386 e.